The average Bonchev–Trinajstić information content (AvgIpc) is 3.28. The van der Waals surface area contributed by atoms with Gasteiger partial charge in [0.1, 0.15) is 5.75 Å². The van der Waals surface area contributed by atoms with Gasteiger partial charge in [0.2, 0.25) is 0 Å². The van der Waals surface area contributed by atoms with E-state index in [0.717, 1.165) is 49.0 Å². The lowest BCUT2D eigenvalue weighted by molar-refractivity contribution is 0.287. The van der Waals surface area contributed by atoms with Gasteiger partial charge in [-0.15, -0.1) is 0 Å². The van der Waals surface area contributed by atoms with E-state index in [4.69, 9.17) is 4.74 Å². The van der Waals surface area contributed by atoms with Crippen molar-refractivity contribution in [2.75, 3.05) is 11.9 Å². The van der Waals surface area contributed by atoms with Crippen molar-refractivity contribution in [2.24, 2.45) is 5.92 Å². The largest absolute Gasteiger partial charge is 0.493 e. The quantitative estimate of drug-likeness (QED) is 0.494. The van der Waals surface area contributed by atoms with Gasteiger partial charge in [0.25, 0.3) is 0 Å². The Bertz CT molecular complexity index is 811. The second-order valence-corrected chi connectivity index (χ2v) is 9.13. The summed E-state index contributed by atoms with van der Waals surface area (Å²) in [6, 6.07) is 17.1. The first-order chi connectivity index (χ1) is 15.1. The lowest BCUT2D eigenvalue weighted by Gasteiger charge is -2.28. The van der Waals surface area contributed by atoms with Gasteiger partial charge in [-0.25, -0.2) is 0 Å². The van der Waals surface area contributed by atoms with Crippen LogP contribution in [0.1, 0.15) is 76.3 Å². The van der Waals surface area contributed by atoms with E-state index in [1.807, 2.05) is 30.3 Å². The normalized spacial score (nSPS) is 17.4. The number of fused-ring (bicyclic) bond motifs is 1. The van der Waals surface area contributed by atoms with Crippen LogP contribution >= 0.6 is 0 Å². The molecule has 31 heavy (non-hydrogen) atoms. The van der Waals surface area contributed by atoms with E-state index in [0.29, 0.717) is 12.0 Å². The number of benzene rings is 2. The summed E-state index contributed by atoms with van der Waals surface area (Å²) in [5.74, 6) is 3.31. The Labute approximate surface area is 189 Å². The summed E-state index contributed by atoms with van der Waals surface area (Å²) in [6.45, 7) is 11.8. The smallest absolute Gasteiger partial charge is 0.122 e. The summed E-state index contributed by atoms with van der Waals surface area (Å²) in [5, 5.41) is 6.88. The van der Waals surface area contributed by atoms with Crippen molar-refractivity contribution in [3.05, 3.63) is 72.1 Å². The molecule has 2 aliphatic rings. The van der Waals surface area contributed by atoms with Crippen molar-refractivity contribution in [3.8, 4) is 5.75 Å². The van der Waals surface area contributed by atoms with Gasteiger partial charge in [0.15, 0.2) is 0 Å². The molecular weight excluding hydrogens is 380 g/mol. The highest BCUT2D eigenvalue weighted by Gasteiger charge is 2.20. The molecule has 0 saturated heterocycles. The van der Waals surface area contributed by atoms with Gasteiger partial charge in [0.05, 0.1) is 12.4 Å². The molecule has 1 fully saturated rings. The minimum absolute atomic E-state index is 0.311. The molecule has 2 atom stereocenters. The highest BCUT2D eigenvalue weighted by atomic mass is 16.5. The summed E-state index contributed by atoms with van der Waals surface area (Å²) in [5.41, 5.74) is 3.69. The first-order valence-corrected chi connectivity index (χ1v) is 12.1. The van der Waals surface area contributed by atoms with Crippen LogP contribution in [0.5, 0.6) is 5.75 Å². The van der Waals surface area contributed by atoms with Gasteiger partial charge >= 0.3 is 0 Å². The highest BCUT2D eigenvalue weighted by Crippen LogP contribution is 2.31. The van der Waals surface area contributed by atoms with Crippen molar-refractivity contribution in [3.63, 3.8) is 0 Å². The van der Waals surface area contributed by atoms with Gasteiger partial charge < -0.3 is 15.4 Å². The zero-order valence-electron chi connectivity index (χ0n) is 19.6. The van der Waals surface area contributed by atoms with Crippen molar-refractivity contribution in [1.29, 1.82) is 0 Å². The molecule has 3 heteroatoms. The Morgan fingerprint density at radius 1 is 1.10 bits per heavy atom. The number of anilines is 1. The fourth-order valence-corrected chi connectivity index (χ4v) is 4.54. The molecule has 4 rings (SSSR count). The van der Waals surface area contributed by atoms with E-state index in [1.165, 1.54) is 36.8 Å². The van der Waals surface area contributed by atoms with Crippen LogP contribution in [0.4, 0.5) is 5.69 Å². The van der Waals surface area contributed by atoms with E-state index >= 15 is 0 Å². The van der Waals surface area contributed by atoms with Gasteiger partial charge in [-0.3, -0.25) is 0 Å². The molecule has 0 amide bonds. The molecule has 1 heterocycles. The molecule has 0 spiro atoms. The minimum Gasteiger partial charge on any atom is -0.493 e. The maximum absolute atomic E-state index is 5.84. The van der Waals surface area contributed by atoms with Crippen LogP contribution in [-0.2, 0) is 6.42 Å². The van der Waals surface area contributed by atoms with E-state index in [-0.39, 0.29) is 0 Å². The summed E-state index contributed by atoms with van der Waals surface area (Å²) in [6.07, 6.45) is 9.21. The second kappa shape index (κ2) is 11.8. The van der Waals surface area contributed by atoms with E-state index < -0.39 is 0 Å². The summed E-state index contributed by atoms with van der Waals surface area (Å²) in [7, 11) is 0. The molecule has 1 saturated carbocycles. The molecule has 0 radical (unpaired) electrons. The Kier molecular flexibility index (Phi) is 8.87. The third-order valence-corrected chi connectivity index (χ3v) is 6.58. The predicted octanol–water partition coefficient (Wildman–Crippen LogP) is 7.26. The number of aryl methyl sites for hydroxylation is 1. The molecule has 2 unspecified atom stereocenters. The minimum atomic E-state index is 0.311. The van der Waals surface area contributed by atoms with Gasteiger partial charge in [-0.05, 0) is 54.5 Å². The van der Waals surface area contributed by atoms with Crippen molar-refractivity contribution in [2.45, 2.75) is 77.7 Å². The third-order valence-electron chi connectivity index (χ3n) is 6.58. The van der Waals surface area contributed by atoms with Gasteiger partial charge in [0, 0.05) is 17.6 Å². The Morgan fingerprint density at radius 3 is 2.48 bits per heavy atom. The molecule has 168 valence electrons. The van der Waals surface area contributed by atoms with Crippen LogP contribution in [0.15, 0.2) is 60.9 Å². The molecule has 2 aromatic rings. The lowest BCUT2D eigenvalue weighted by Crippen LogP contribution is -2.34. The lowest BCUT2D eigenvalue weighted by atomic mass is 9.90. The number of rotatable bonds is 7. The molecule has 0 bridgehead atoms. The molecular formula is C28H40N2O. The monoisotopic (exact) mass is 420 g/mol. The summed E-state index contributed by atoms with van der Waals surface area (Å²) < 4.78 is 5.84. The van der Waals surface area contributed by atoms with Crippen molar-refractivity contribution >= 4 is 5.69 Å². The fraction of sp³-hybridized carbons (Fsp3) is 0.500. The third kappa shape index (κ3) is 7.05. The zero-order chi connectivity index (χ0) is 22.1. The molecule has 1 aliphatic heterocycles. The highest BCUT2D eigenvalue weighted by molar-refractivity contribution is 5.47. The van der Waals surface area contributed by atoms with Crippen molar-refractivity contribution < 1.29 is 4.74 Å². The Morgan fingerprint density at radius 2 is 1.84 bits per heavy atom. The zero-order valence-corrected chi connectivity index (χ0v) is 19.6. The fourth-order valence-electron chi connectivity index (χ4n) is 4.54. The predicted molar refractivity (Wildman–Crippen MR) is 133 cm³/mol. The van der Waals surface area contributed by atoms with Crippen LogP contribution in [-0.4, -0.2) is 12.6 Å². The standard InChI is InChI=1S/C22H28N2O.C6H12/c1-4-21(24-17(3)23-20-10-6-5-7-11-20)16(2)19-13-12-18-9-8-14-25-22(18)15-19;1-6-4-2-3-5-6/h5-7,10-13,15-16,21,23-24H,3-4,8-9,14H2,1-2H3;6H,2-5H2,1H3. The first-order valence-electron chi connectivity index (χ1n) is 12.1. The summed E-state index contributed by atoms with van der Waals surface area (Å²) >= 11 is 0. The van der Waals surface area contributed by atoms with Gasteiger partial charge in [-0.2, -0.15) is 0 Å². The van der Waals surface area contributed by atoms with Crippen molar-refractivity contribution in [1.82, 2.24) is 5.32 Å². The molecule has 2 aromatic carbocycles. The van der Waals surface area contributed by atoms with Crippen LogP contribution in [0.2, 0.25) is 0 Å². The molecule has 3 nitrogen and oxygen atoms in total. The van der Waals surface area contributed by atoms with Crippen LogP contribution < -0.4 is 15.4 Å². The van der Waals surface area contributed by atoms with Crippen LogP contribution in [0.25, 0.3) is 0 Å². The van der Waals surface area contributed by atoms with E-state index in [1.54, 1.807) is 0 Å². The molecule has 0 aromatic heterocycles. The SMILES string of the molecule is C=C(Nc1ccccc1)NC(CC)C(C)c1ccc2c(c1)OCCC2.CC1CCCC1. The summed E-state index contributed by atoms with van der Waals surface area (Å²) in [4.78, 5) is 0. The van der Waals surface area contributed by atoms with Crippen LogP contribution in [0, 0.1) is 5.92 Å². The van der Waals surface area contributed by atoms with E-state index in [9.17, 15) is 0 Å². The number of para-hydroxylation sites is 1. The number of hydrogen-bond acceptors (Lipinski definition) is 3. The van der Waals surface area contributed by atoms with Crippen LogP contribution in [0.3, 0.4) is 0 Å². The second-order valence-electron chi connectivity index (χ2n) is 9.13. The topological polar surface area (TPSA) is 33.3 Å². The van der Waals surface area contributed by atoms with E-state index in [2.05, 4.69) is 56.2 Å². The number of hydrogen-bond donors (Lipinski definition) is 2. The first kappa shape index (κ1) is 23.2. The Hall–Kier alpha value is -2.42. The number of ether oxygens (including phenoxy) is 1. The molecule has 1 aliphatic carbocycles. The maximum atomic E-state index is 5.84. The molecule has 2 N–H and O–H groups in total. The van der Waals surface area contributed by atoms with Gasteiger partial charge in [-0.1, -0.05) is 83.4 Å². The Balaban J connectivity index is 0.000000391. The maximum Gasteiger partial charge on any atom is 0.122 e. The number of nitrogens with one attached hydrogen (secondary N) is 2. The average molecular weight is 421 g/mol.